The van der Waals surface area contributed by atoms with Gasteiger partial charge in [-0.05, 0) is 24.6 Å². The first-order chi connectivity index (χ1) is 9.23. The molecule has 7 heteroatoms. The Hall–Kier alpha value is -1.31. The number of hydrogen-bond donors (Lipinski definition) is 1. The van der Waals surface area contributed by atoms with Gasteiger partial charge in [0.1, 0.15) is 4.90 Å². The summed E-state index contributed by atoms with van der Waals surface area (Å²) >= 11 is 0. The lowest BCUT2D eigenvalue weighted by Crippen LogP contribution is -2.33. The zero-order valence-electron chi connectivity index (χ0n) is 11.4. The van der Waals surface area contributed by atoms with Gasteiger partial charge in [0.05, 0.1) is 6.61 Å². The van der Waals surface area contributed by atoms with Crippen molar-refractivity contribution in [3.05, 3.63) is 41.5 Å². The zero-order chi connectivity index (χ0) is 15.5. The lowest BCUT2D eigenvalue weighted by Gasteiger charge is -2.21. The van der Waals surface area contributed by atoms with Gasteiger partial charge in [-0.2, -0.15) is 4.31 Å². The van der Waals surface area contributed by atoms with Crippen molar-refractivity contribution in [2.45, 2.75) is 25.3 Å². The number of aliphatic hydroxyl groups is 1. The van der Waals surface area contributed by atoms with Crippen molar-refractivity contribution in [3.63, 3.8) is 0 Å². The molecule has 0 unspecified atom stereocenters. The highest BCUT2D eigenvalue weighted by Gasteiger charge is 2.28. The van der Waals surface area contributed by atoms with Crippen LogP contribution in [0.5, 0.6) is 0 Å². The molecule has 0 atom stereocenters. The molecule has 0 aliphatic heterocycles. The molecule has 4 nitrogen and oxygen atoms in total. The standard InChI is InChI=1S/C13H17F2NO3S/c1-4-16(7-9(2)3)20(18,19)12-6-10(8-17)5-11(14)13(12)15/h5-6,17H,2,4,7-8H2,1,3H3. The molecule has 0 saturated carbocycles. The van der Waals surface area contributed by atoms with Gasteiger partial charge in [-0.3, -0.25) is 0 Å². The second kappa shape index (κ2) is 6.43. The fraction of sp³-hybridized carbons (Fsp3) is 0.385. The number of rotatable bonds is 6. The quantitative estimate of drug-likeness (QED) is 0.818. The van der Waals surface area contributed by atoms with Crippen LogP contribution in [-0.2, 0) is 16.6 Å². The number of likely N-dealkylation sites (N-methyl/N-ethyl adjacent to an activating group) is 1. The first-order valence-electron chi connectivity index (χ1n) is 5.97. The van der Waals surface area contributed by atoms with Gasteiger partial charge in [0.2, 0.25) is 10.0 Å². The molecule has 0 aliphatic rings. The molecule has 0 fully saturated rings. The highest BCUT2D eigenvalue weighted by atomic mass is 32.2. The van der Waals surface area contributed by atoms with E-state index in [0.29, 0.717) is 5.57 Å². The summed E-state index contributed by atoms with van der Waals surface area (Å²) in [6.45, 7) is 6.37. The first kappa shape index (κ1) is 16.7. The Labute approximate surface area is 117 Å². The summed E-state index contributed by atoms with van der Waals surface area (Å²) in [6, 6.07) is 1.71. The topological polar surface area (TPSA) is 57.6 Å². The second-order valence-corrected chi connectivity index (χ2v) is 6.34. The van der Waals surface area contributed by atoms with Gasteiger partial charge in [-0.15, -0.1) is 0 Å². The number of aliphatic hydroxyl groups excluding tert-OH is 1. The molecule has 1 aromatic rings. The van der Waals surface area contributed by atoms with E-state index in [4.69, 9.17) is 5.11 Å². The zero-order valence-corrected chi connectivity index (χ0v) is 12.2. The molecule has 1 rings (SSSR count). The summed E-state index contributed by atoms with van der Waals surface area (Å²) in [5.74, 6) is -2.75. The maximum Gasteiger partial charge on any atom is 0.246 e. The predicted octanol–water partition coefficient (Wildman–Crippen LogP) is 2.04. The third-order valence-corrected chi connectivity index (χ3v) is 4.57. The SMILES string of the molecule is C=C(C)CN(CC)S(=O)(=O)c1cc(CO)cc(F)c1F. The van der Waals surface area contributed by atoms with Crippen LogP contribution in [0.1, 0.15) is 19.4 Å². The largest absolute Gasteiger partial charge is 0.392 e. The van der Waals surface area contributed by atoms with Crippen molar-refractivity contribution in [1.82, 2.24) is 4.31 Å². The Morgan fingerprint density at radius 3 is 2.45 bits per heavy atom. The molecule has 0 heterocycles. The van der Waals surface area contributed by atoms with Gasteiger partial charge in [-0.25, -0.2) is 17.2 Å². The molecule has 0 aliphatic carbocycles. The Morgan fingerprint density at radius 2 is 2.00 bits per heavy atom. The number of nitrogens with zero attached hydrogens (tertiary/aromatic N) is 1. The molecule has 1 aromatic carbocycles. The first-order valence-corrected chi connectivity index (χ1v) is 7.41. The maximum atomic E-state index is 13.8. The summed E-state index contributed by atoms with van der Waals surface area (Å²) in [4.78, 5) is -0.773. The minimum Gasteiger partial charge on any atom is -0.392 e. The van der Waals surface area contributed by atoms with E-state index in [-0.39, 0.29) is 18.7 Å². The third-order valence-electron chi connectivity index (χ3n) is 2.65. The molecule has 0 radical (unpaired) electrons. The van der Waals surface area contributed by atoms with Crippen LogP contribution in [0.2, 0.25) is 0 Å². The van der Waals surface area contributed by atoms with Crippen molar-refractivity contribution >= 4 is 10.0 Å². The van der Waals surface area contributed by atoms with Crippen LogP contribution in [0.3, 0.4) is 0 Å². The van der Waals surface area contributed by atoms with Crippen LogP contribution in [0.25, 0.3) is 0 Å². The van der Waals surface area contributed by atoms with Crippen molar-refractivity contribution in [3.8, 4) is 0 Å². The Balaban J connectivity index is 3.40. The molecule has 0 amide bonds. The van der Waals surface area contributed by atoms with Crippen molar-refractivity contribution < 1.29 is 22.3 Å². The van der Waals surface area contributed by atoms with Crippen LogP contribution < -0.4 is 0 Å². The van der Waals surface area contributed by atoms with Crippen molar-refractivity contribution in [2.75, 3.05) is 13.1 Å². The average Bonchev–Trinajstić information content (AvgIpc) is 2.38. The van der Waals surface area contributed by atoms with E-state index < -0.39 is 33.2 Å². The van der Waals surface area contributed by atoms with E-state index in [1.54, 1.807) is 13.8 Å². The molecule has 0 aromatic heterocycles. The molecule has 20 heavy (non-hydrogen) atoms. The van der Waals surface area contributed by atoms with Gasteiger partial charge in [-0.1, -0.05) is 19.1 Å². The number of hydrogen-bond acceptors (Lipinski definition) is 3. The molecule has 1 N–H and O–H groups in total. The van der Waals surface area contributed by atoms with E-state index in [1.165, 1.54) is 0 Å². The smallest absolute Gasteiger partial charge is 0.246 e. The third kappa shape index (κ3) is 3.41. The fourth-order valence-corrected chi connectivity index (χ4v) is 3.34. The van der Waals surface area contributed by atoms with E-state index in [0.717, 1.165) is 16.4 Å². The normalized spacial score (nSPS) is 11.9. The van der Waals surface area contributed by atoms with E-state index in [9.17, 15) is 17.2 Å². The van der Waals surface area contributed by atoms with Crippen molar-refractivity contribution in [2.24, 2.45) is 0 Å². The lowest BCUT2D eigenvalue weighted by molar-refractivity contribution is 0.280. The molecular weight excluding hydrogens is 288 g/mol. The highest BCUT2D eigenvalue weighted by molar-refractivity contribution is 7.89. The molecule has 0 spiro atoms. The lowest BCUT2D eigenvalue weighted by atomic mass is 10.2. The molecule has 112 valence electrons. The summed E-state index contributed by atoms with van der Waals surface area (Å²) in [5, 5.41) is 8.97. The van der Waals surface area contributed by atoms with Gasteiger partial charge in [0.25, 0.3) is 0 Å². The Kier molecular flexibility index (Phi) is 5.38. The minimum atomic E-state index is -4.19. The van der Waals surface area contributed by atoms with Crippen LogP contribution in [0, 0.1) is 11.6 Å². The molecule has 0 bridgehead atoms. The number of sulfonamides is 1. The predicted molar refractivity (Wildman–Crippen MR) is 71.5 cm³/mol. The summed E-state index contributed by atoms with van der Waals surface area (Å²) in [7, 11) is -4.19. The monoisotopic (exact) mass is 305 g/mol. The summed E-state index contributed by atoms with van der Waals surface area (Å²) < 4.78 is 52.8. The number of benzene rings is 1. The van der Waals surface area contributed by atoms with Gasteiger partial charge in [0, 0.05) is 13.1 Å². The van der Waals surface area contributed by atoms with E-state index in [2.05, 4.69) is 6.58 Å². The Morgan fingerprint density at radius 1 is 1.40 bits per heavy atom. The number of halogens is 2. The van der Waals surface area contributed by atoms with Crippen LogP contribution >= 0.6 is 0 Å². The van der Waals surface area contributed by atoms with E-state index >= 15 is 0 Å². The van der Waals surface area contributed by atoms with Crippen LogP contribution in [0.4, 0.5) is 8.78 Å². The minimum absolute atomic E-state index is 0.00569. The summed E-state index contributed by atoms with van der Waals surface area (Å²) in [5.41, 5.74) is 0.573. The summed E-state index contributed by atoms with van der Waals surface area (Å²) in [6.07, 6.45) is 0. The average molecular weight is 305 g/mol. The van der Waals surface area contributed by atoms with Crippen molar-refractivity contribution in [1.29, 1.82) is 0 Å². The molecule has 0 saturated heterocycles. The van der Waals surface area contributed by atoms with Gasteiger partial charge in [0.15, 0.2) is 11.6 Å². The Bertz CT molecular complexity index is 614. The van der Waals surface area contributed by atoms with Crippen LogP contribution in [-0.4, -0.2) is 30.9 Å². The second-order valence-electron chi connectivity index (χ2n) is 4.44. The van der Waals surface area contributed by atoms with Crippen LogP contribution in [0.15, 0.2) is 29.2 Å². The van der Waals surface area contributed by atoms with Gasteiger partial charge < -0.3 is 5.11 Å². The maximum absolute atomic E-state index is 13.8. The highest BCUT2D eigenvalue weighted by Crippen LogP contribution is 2.23. The fourth-order valence-electron chi connectivity index (χ4n) is 1.70. The van der Waals surface area contributed by atoms with Gasteiger partial charge >= 0.3 is 0 Å². The molecular formula is C13H17F2NO3S. The van der Waals surface area contributed by atoms with E-state index in [1.807, 2.05) is 0 Å².